The summed E-state index contributed by atoms with van der Waals surface area (Å²) < 4.78 is 32.8. The number of allylic oxidation sites excluding steroid dienone is 6. The lowest BCUT2D eigenvalue weighted by Gasteiger charge is -2.20. The molecular formula is C50H92NO10P. The second-order valence-corrected chi connectivity index (χ2v) is 18.4. The Morgan fingerprint density at radius 1 is 0.500 bits per heavy atom. The van der Waals surface area contributed by atoms with Crippen LogP contribution in [0.15, 0.2) is 36.5 Å². The molecule has 3 atom stereocenters. The Labute approximate surface area is 378 Å². The first-order chi connectivity index (χ1) is 30.1. The number of aliphatic carboxylic acids is 1. The summed E-state index contributed by atoms with van der Waals surface area (Å²) in [5, 5.41) is 8.91. The quantitative estimate of drug-likeness (QED) is 0.0230. The minimum atomic E-state index is -4.72. The van der Waals surface area contributed by atoms with Gasteiger partial charge in [-0.05, 0) is 70.6 Å². The van der Waals surface area contributed by atoms with E-state index < -0.39 is 51.1 Å². The monoisotopic (exact) mass is 898 g/mol. The van der Waals surface area contributed by atoms with Gasteiger partial charge in [0.2, 0.25) is 0 Å². The van der Waals surface area contributed by atoms with Crippen molar-refractivity contribution in [2.75, 3.05) is 19.8 Å². The number of esters is 2. The molecule has 12 heteroatoms. The molecule has 0 saturated heterocycles. The van der Waals surface area contributed by atoms with E-state index in [1.807, 2.05) is 0 Å². The maximum absolute atomic E-state index is 12.7. The number of phosphoric ester groups is 1. The molecule has 0 aliphatic heterocycles. The van der Waals surface area contributed by atoms with E-state index in [1.165, 1.54) is 135 Å². The standard InChI is InChI=1S/C50H92NO10P/c1-3-5-7-9-11-13-15-17-19-21-22-23-24-26-27-29-31-33-35-37-39-41-48(52)58-43-46(44-59-62(56,57)60-45-47(51)50(54)55)61-49(53)42-40-38-36-34-32-30-28-25-20-18-16-14-12-10-8-6-4-2/h12,14,17-20,46-47H,3-11,13,15-16,21-45,51H2,1-2H3,(H,54,55)(H,56,57)/b14-12-,19-17-,20-18-/t46-,47+/m1/s1. The van der Waals surface area contributed by atoms with Crippen molar-refractivity contribution >= 4 is 25.7 Å². The molecule has 11 nitrogen and oxygen atoms in total. The lowest BCUT2D eigenvalue weighted by atomic mass is 10.0. The van der Waals surface area contributed by atoms with Crippen LogP contribution in [0.5, 0.6) is 0 Å². The molecule has 0 fully saturated rings. The van der Waals surface area contributed by atoms with Crippen LogP contribution in [0.4, 0.5) is 0 Å². The Hall–Kier alpha value is -2.30. The number of ether oxygens (including phenoxy) is 2. The summed E-state index contributed by atoms with van der Waals surface area (Å²) in [7, 11) is -4.72. The van der Waals surface area contributed by atoms with E-state index in [9.17, 15) is 23.8 Å². The minimum absolute atomic E-state index is 0.153. The zero-order valence-corrected chi connectivity index (χ0v) is 40.4. The fourth-order valence-electron chi connectivity index (χ4n) is 6.91. The maximum atomic E-state index is 12.7. The molecule has 0 aromatic heterocycles. The highest BCUT2D eigenvalue weighted by Gasteiger charge is 2.28. The van der Waals surface area contributed by atoms with Gasteiger partial charge in [0, 0.05) is 12.8 Å². The van der Waals surface area contributed by atoms with Crippen molar-refractivity contribution in [2.45, 2.75) is 244 Å². The molecule has 0 aromatic carbocycles. The lowest BCUT2D eigenvalue weighted by Crippen LogP contribution is -2.34. The predicted octanol–water partition coefficient (Wildman–Crippen LogP) is 14.0. The highest BCUT2D eigenvalue weighted by Crippen LogP contribution is 2.43. The van der Waals surface area contributed by atoms with Crippen LogP contribution >= 0.6 is 7.82 Å². The van der Waals surface area contributed by atoms with Crippen molar-refractivity contribution in [1.29, 1.82) is 0 Å². The van der Waals surface area contributed by atoms with Gasteiger partial charge in [-0.25, -0.2) is 4.57 Å². The fourth-order valence-corrected chi connectivity index (χ4v) is 7.69. The summed E-state index contributed by atoms with van der Waals surface area (Å²) >= 11 is 0. The molecule has 4 N–H and O–H groups in total. The number of hydrogen-bond donors (Lipinski definition) is 3. The highest BCUT2D eigenvalue weighted by atomic mass is 31.2. The molecule has 0 aliphatic rings. The Morgan fingerprint density at radius 2 is 0.855 bits per heavy atom. The number of nitrogens with two attached hydrogens (primary N) is 1. The first-order valence-electron chi connectivity index (χ1n) is 25.0. The van der Waals surface area contributed by atoms with Gasteiger partial charge in [0.1, 0.15) is 12.6 Å². The number of rotatable bonds is 47. The average molecular weight is 898 g/mol. The largest absolute Gasteiger partial charge is 0.480 e. The minimum Gasteiger partial charge on any atom is -0.480 e. The van der Waals surface area contributed by atoms with Crippen molar-refractivity contribution in [3.8, 4) is 0 Å². The van der Waals surface area contributed by atoms with Gasteiger partial charge in [-0.15, -0.1) is 0 Å². The Bertz CT molecular complexity index is 1190. The molecule has 362 valence electrons. The summed E-state index contributed by atoms with van der Waals surface area (Å²) in [6, 6.07) is -1.52. The molecular weight excluding hydrogens is 806 g/mol. The van der Waals surface area contributed by atoms with E-state index in [2.05, 4.69) is 54.8 Å². The Balaban J connectivity index is 4.25. The molecule has 0 bridgehead atoms. The summed E-state index contributed by atoms with van der Waals surface area (Å²) in [6.45, 7) is 2.80. The van der Waals surface area contributed by atoms with Gasteiger partial charge in [0.05, 0.1) is 13.2 Å². The van der Waals surface area contributed by atoms with Crippen molar-refractivity contribution in [1.82, 2.24) is 0 Å². The number of unbranched alkanes of at least 4 members (excludes halogenated alkanes) is 27. The normalized spacial score (nSPS) is 13.9. The number of carbonyl (C=O) groups excluding carboxylic acids is 2. The number of carbonyl (C=O) groups is 3. The van der Waals surface area contributed by atoms with Crippen LogP contribution in [-0.4, -0.2) is 59.9 Å². The van der Waals surface area contributed by atoms with Gasteiger partial charge in [0.15, 0.2) is 6.10 Å². The number of hydrogen-bond acceptors (Lipinski definition) is 9. The summed E-state index contributed by atoms with van der Waals surface area (Å²) in [5.74, 6) is -2.38. The van der Waals surface area contributed by atoms with Crippen LogP contribution in [-0.2, 0) is 37.5 Å². The smallest absolute Gasteiger partial charge is 0.472 e. The molecule has 0 aliphatic carbocycles. The van der Waals surface area contributed by atoms with Gasteiger partial charge in [-0.3, -0.25) is 23.4 Å². The van der Waals surface area contributed by atoms with Gasteiger partial charge in [0.25, 0.3) is 0 Å². The molecule has 0 heterocycles. The molecule has 0 saturated carbocycles. The molecule has 0 amide bonds. The van der Waals surface area contributed by atoms with Crippen LogP contribution in [0.2, 0.25) is 0 Å². The Morgan fingerprint density at radius 3 is 1.31 bits per heavy atom. The van der Waals surface area contributed by atoms with Gasteiger partial charge in [-0.2, -0.15) is 0 Å². The third-order valence-corrected chi connectivity index (χ3v) is 11.8. The third kappa shape index (κ3) is 44.3. The van der Waals surface area contributed by atoms with E-state index in [4.69, 9.17) is 24.8 Å². The van der Waals surface area contributed by atoms with Gasteiger partial charge < -0.3 is 25.2 Å². The second kappa shape index (κ2) is 45.3. The first-order valence-corrected chi connectivity index (χ1v) is 26.5. The number of carboxylic acids is 1. The van der Waals surface area contributed by atoms with Crippen LogP contribution in [0, 0.1) is 0 Å². The summed E-state index contributed by atoms with van der Waals surface area (Å²) in [5.41, 5.74) is 5.35. The fraction of sp³-hybridized carbons (Fsp3) is 0.820. The van der Waals surface area contributed by atoms with Crippen LogP contribution in [0.3, 0.4) is 0 Å². The average Bonchev–Trinajstić information content (AvgIpc) is 3.25. The van der Waals surface area contributed by atoms with Gasteiger partial charge >= 0.3 is 25.7 Å². The molecule has 0 rings (SSSR count). The van der Waals surface area contributed by atoms with Crippen molar-refractivity contribution in [3.63, 3.8) is 0 Å². The Kier molecular flexibility index (Phi) is 43.6. The van der Waals surface area contributed by atoms with E-state index in [0.29, 0.717) is 12.8 Å². The zero-order valence-electron chi connectivity index (χ0n) is 39.5. The third-order valence-electron chi connectivity index (χ3n) is 10.9. The SMILES string of the molecule is CCCCC/C=C\C/C=C\CCCCCCCCCC(=O)O[C@H](COC(=O)CCCCCCCCCCCCC/C=C\CCCCCCCC)COP(=O)(O)OC[C@H](N)C(=O)O. The predicted molar refractivity (Wildman–Crippen MR) is 254 cm³/mol. The second-order valence-electron chi connectivity index (χ2n) is 16.9. The molecule has 62 heavy (non-hydrogen) atoms. The van der Waals surface area contributed by atoms with E-state index >= 15 is 0 Å². The maximum Gasteiger partial charge on any atom is 0.472 e. The summed E-state index contributed by atoms with van der Waals surface area (Å²) in [6.07, 6.45) is 50.6. The number of phosphoric acid groups is 1. The van der Waals surface area contributed by atoms with E-state index in [0.717, 1.165) is 57.8 Å². The van der Waals surface area contributed by atoms with Crippen molar-refractivity contribution < 1.29 is 47.5 Å². The van der Waals surface area contributed by atoms with Crippen LogP contribution in [0.25, 0.3) is 0 Å². The highest BCUT2D eigenvalue weighted by molar-refractivity contribution is 7.47. The topological polar surface area (TPSA) is 172 Å². The molecule has 0 radical (unpaired) electrons. The lowest BCUT2D eigenvalue weighted by molar-refractivity contribution is -0.161. The number of carboxylic acid groups (broad SMARTS) is 1. The van der Waals surface area contributed by atoms with Crippen LogP contribution in [0.1, 0.15) is 232 Å². The van der Waals surface area contributed by atoms with Crippen molar-refractivity contribution in [3.05, 3.63) is 36.5 Å². The summed E-state index contributed by atoms with van der Waals surface area (Å²) in [4.78, 5) is 46.1. The van der Waals surface area contributed by atoms with Crippen molar-refractivity contribution in [2.24, 2.45) is 5.73 Å². The van der Waals surface area contributed by atoms with E-state index in [-0.39, 0.29) is 19.4 Å². The molecule has 1 unspecified atom stereocenters. The van der Waals surface area contributed by atoms with E-state index in [1.54, 1.807) is 0 Å². The molecule has 0 aromatic rings. The van der Waals surface area contributed by atoms with Gasteiger partial charge in [-0.1, -0.05) is 185 Å². The van der Waals surface area contributed by atoms with Crippen LogP contribution < -0.4 is 5.73 Å². The zero-order chi connectivity index (χ0) is 45.6. The molecule has 0 spiro atoms. The first kappa shape index (κ1) is 59.7.